The summed E-state index contributed by atoms with van der Waals surface area (Å²) < 4.78 is 29.3. The van der Waals surface area contributed by atoms with Gasteiger partial charge >= 0.3 is 0 Å². The first-order valence-corrected chi connectivity index (χ1v) is 11.4. The number of piperazine rings is 1. The van der Waals surface area contributed by atoms with E-state index in [0.29, 0.717) is 19.1 Å². The summed E-state index contributed by atoms with van der Waals surface area (Å²) in [5.41, 5.74) is 5.89. The minimum Gasteiger partial charge on any atom is -0.374 e. The molecule has 150 valence electrons. The van der Waals surface area contributed by atoms with E-state index in [9.17, 15) is 13.2 Å². The molecular weight excluding hydrogens is 356 g/mol. The average molecular weight is 389 g/mol. The zero-order valence-electron chi connectivity index (χ0n) is 15.8. The maximum Gasteiger partial charge on any atom is 0.228 e. The lowest BCUT2D eigenvalue weighted by molar-refractivity contribution is -0.137. The second-order valence-electron chi connectivity index (χ2n) is 8.05. The maximum absolute atomic E-state index is 12.6. The van der Waals surface area contributed by atoms with Gasteiger partial charge in [-0.3, -0.25) is 14.6 Å². The van der Waals surface area contributed by atoms with E-state index in [1.165, 1.54) is 0 Å². The van der Waals surface area contributed by atoms with Crippen molar-refractivity contribution < 1.29 is 17.9 Å². The Morgan fingerprint density at radius 3 is 2.42 bits per heavy atom. The van der Waals surface area contributed by atoms with E-state index >= 15 is 0 Å². The van der Waals surface area contributed by atoms with Crippen molar-refractivity contribution in [3.05, 3.63) is 0 Å². The predicted molar refractivity (Wildman–Crippen MR) is 99.6 cm³/mol. The van der Waals surface area contributed by atoms with Crippen LogP contribution in [0.1, 0.15) is 13.8 Å². The van der Waals surface area contributed by atoms with Gasteiger partial charge in [-0.1, -0.05) is 0 Å². The lowest BCUT2D eigenvalue weighted by Gasteiger charge is -2.40. The summed E-state index contributed by atoms with van der Waals surface area (Å²) in [6, 6.07) is -0.0362. The Kier molecular flexibility index (Phi) is 6.23. The highest BCUT2D eigenvalue weighted by Crippen LogP contribution is 2.21. The fraction of sp³-hybridized carbons (Fsp3) is 0.941. The lowest BCUT2D eigenvalue weighted by atomic mass is 10.0. The van der Waals surface area contributed by atoms with Crippen LogP contribution in [0.25, 0.3) is 0 Å². The van der Waals surface area contributed by atoms with Crippen molar-refractivity contribution in [1.82, 2.24) is 14.7 Å². The van der Waals surface area contributed by atoms with Crippen molar-refractivity contribution in [3.63, 3.8) is 0 Å². The molecule has 0 aromatic heterocycles. The van der Waals surface area contributed by atoms with Crippen LogP contribution in [0.5, 0.6) is 0 Å². The molecule has 3 fully saturated rings. The van der Waals surface area contributed by atoms with Crippen molar-refractivity contribution in [2.75, 3.05) is 63.9 Å². The smallest absolute Gasteiger partial charge is 0.228 e. The molecule has 3 heterocycles. The SMILES string of the molecule is CC(C)N1CCOC(CN2CCN(C(=O)[C@@H]3CS(=O)(=O)C[C@H]3N)CC2)C1. The Morgan fingerprint density at radius 1 is 1.15 bits per heavy atom. The van der Waals surface area contributed by atoms with Crippen LogP contribution in [0, 0.1) is 5.92 Å². The topological polar surface area (TPSA) is 96.2 Å². The number of hydrogen-bond acceptors (Lipinski definition) is 7. The second-order valence-corrected chi connectivity index (χ2v) is 10.2. The van der Waals surface area contributed by atoms with E-state index in [-0.39, 0.29) is 23.5 Å². The molecule has 2 N–H and O–H groups in total. The van der Waals surface area contributed by atoms with E-state index in [2.05, 4.69) is 23.6 Å². The molecule has 0 aromatic carbocycles. The first-order valence-electron chi connectivity index (χ1n) is 9.58. The molecule has 9 heteroatoms. The molecule has 0 saturated carbocycles. The van der Waals surface area contributed by atoms with Crippen molar-refractivity contribution in [3.8, 4) is 0 Å². The zero-order chi connectivity index (χ0) is 18.9. The summed E-state index contributed by atoms with van der Waals surface area (Å²) in [5, 5.41) is 0. The van der Waals surface area contributed by atoms with Crippen LogP contribution in [0.2, 0.25) is 0 Å². The number of sulfone groups is 1. The Balaban J connectivity index is 1.46. The number of nitrogens with two attached hydrogens (primary N) is 1. The minimum absolute atomic E-state index is 0.0747. The number of morpholine rings is 1. The van der Waals surface area contributed by atoms with E-state index < -0.39 is 21.8 Å². The molecule has 8 nitrogen and oxygen atoms in total. The highest BCUT2D eigenvalue weighted by molar-refractivity contribution is 7.91. The van der Waals surface area contributed by atoms with Crippen molar-refractivity contribution in [1.29, 1.82) is 0 Å². The van der Waals surface area contributed by atoms with Crippen LogP contribution in [-0.4, -0.2) is 111 Å². The summed E-state index contributed by atoms with van der Waals surface area (Å²) >= 11 is 0. The van der Waals surface area contributed by atoms with E-state index in [1.54, 1.807) is 4.90 Å². The monoisotopic (exact) mass is 388 g/mol. The van der Waals surface area contributed by atoms with Gasteiger partial charge in [0, 0.05) is 57.9 Å². The van der Waals surface area contributed by atoms with E-state index in [0.717, 1.165) is 39.3 Å². The van der Waals surface area contributed by atoms with Crippen LogP contribution in [0.4, 0.5) is 0 Å². The molecule has 3 atom stereocenters. The van der Waals surface area contributed by atoms with Gasteiger partial charge in [-0.15, -0.1) is 0 Å². The normalized spacial score (nSPS) is 33.7. The molecule has 3 aliphatic rings. The second kappa shape index (κ2) is 8.10. The first-order chi connectivity index (χ1) is 12.2. The van der Waals surface area contributed by atoms with Gasteiger partial charge in [-0.2, -0.15) is 0 Å². The lowest BCUT2D eigenvalue weighted by Crippen LogP contribution is -2.55. The van der Waals surface area contributed by atoms with Gasteiger partial charge in [0.05, 0.1) is 30.1 Å². The summed E-state index contributed by atoms with van der Waals surface area (Å²) in [6.07, 6.45) is 0.210. The standard InChI is InChI=1S/C17H32N4O4S/c1-13(2)21-7-8-25-14(10-21)9-19-3-5-20(6-4-19)17(22)15-11-26(23,24)12-16(15)18/h13-16H,3-12,18H2,1-2H3/t14?,15-,16-/m1/s1. The average Bonchev–Trinajstić information content (AvgIpc) is 2.88. The molecular formula is C17H32N4O4S. The Bertz CT molecular complexity index is 604. The summed E-state index contributed by atoms with van der Waals surface area (Å²) in [5.74, 6) is -0.853. The molecule has 0 radical (unpaired) electrons. The van der Waals surface area contributed by atoms with Crippen LogP contribution >= 0.6 is 0 Å². The first kappa shape index (κ1) is 20.0. The molecule has 3 rings (SSSR count). The molecule has 1 unspecified atom stereocenters. The summed E-state index contributed by atoms with van der Waals surface area (Å²) in [4.78, 5) is 19.2. The summed E-state index contributed by atoms with van der Waals surface area (Å²) in [7, 11) is -3.17. The third-order valence-electron chi connectivity index (χ3n) is 5.76. The van der Waals surface area contributed by atoms with Gasteiger partial charge < -0.3 is 15.4 Å². The summed E-state index contributed by atoms with van der Waals surface area (Å²) in [6.45, 7) is 10.8. The number of nitrogens with zero attached hydrogens (tertiary/aromatic N) is 3. The molecule has 1 amide bonds. The van der Waals surface area contributed by atoms with Crippen molar-refractivity contribution in [2.24, 2.45) is 11.7 Å². The van der Waals surface area contributed by atoms with Gasteiger partial charge in [-0.25, -0.2) is 8.42 Å². The fourth-order valence-corrected chi connectivity index (χ4v) is 6.02. The van der Waals surface area contributed by atoms with Gasteiger partial charge in [0.1, 0.15) is 0 Å². The van der Waals surface area contributed by atoms with Crippen molar-refractivity contribution in [2.45, 2.75) is 32.0 Å². The van der Waals surface area contributed by atoms with E-state index in [1.807, 2.05) is 0 Å². The van der Waals surface area contributed by atoms with Gasteiger partial charge in [0.2, 0.25) is 5.91 Å². The molecule has 0 aliphatic carbocycles. The van der Waals surface area contributed by atoms with Crippen LogP contribution in [0.3, 0.4) is 0 Å². The van der Waals surface area contributed by atoms with Crippen LogP contribution in [-0.2, 0) is 19.4 Å². The molecule has 3 aliphatic heterocycles. The minimum atomic E-state index is -3.17. The molecule has 0 spiro atoms. The van der Waals surface area contributed by atoms with Crippen LogP contribution in [0.15, 0.2) is 0 Å². The van der Waals surface area contributed by atoms with Gasteiger partial charge in [0.25, 0.3) is 0 Å². The van der Waals surface area contributed by atoms with Gasteiger partial charge in [0.15, 0.2) is 9.84 Å². The number of carbonyl (C=O) groups excluding carboxylic acids is 1. The van der Waals surface area contributed by atoms with Crippen LogP contribution < -0.4 is 5.73 Å². The number of ether oxygens (including phenoxy) is 1. The van der Waals surface area contributed by atoms with Crippen molar-refractivity contribution >= 4 is 15.7 Å². The quantitative estimate of drug-likeness (QED) is 0.633. The van der Waals surface area contributed by atoms with E-state index in [4.69, 9.17) is 10.5 Å². The third-order valence-corrected chi connectivity index (χ3v) is 7.52. The highest BCUT2D eigenvalue weighted by Gasteiger charge is 2.42. The molecule has 0 aromatic rings. The Hall–Kier alpha value is -0.740. The molecule has 0 bridgehead atoms. The fourth-order valence-electron chi connectivity index (χ4n) is 4.12. The third kappa shape index (κ3) is 4.75. The highest BCUT2D eigenvalue weighted by atomic mass is 32.2. The largest absolute Gasteiger partial charge is 0.374 e. The number of hydrogen-bond donors (Lipinski definition) is 1. The number of amides is 1. The zero-order valence-corrected chi connectivity index (χ0v) is 16.7. The predicted octanol–water partition coefficient (Wildman–Crippen LogP) is -1.39. The molecule has 3 saturated heterocycles. The maximum atomic E-state index is 12.6. The Morgan fingerprint density at radius 2 is 1.85 bits per heavy atom. The number of carbonyl (C=O) groups is 1. The Labute approximate surface area is 156 Å². The number of rotatable bonds is 4. The van der Waals surface area contributed by atoms with Gasteiger partial charge in [-0.05, 0) is 13.8 Å². The molecule has 26 heavy (non-hydrogen) atoms.